The molecule has 0 saturated carbocycles. The number of rotatable bonds is 7. The Kier molecular flexibility index (Phi) is 6.63. The minimum atomic E-state index is -0.469. The highest BCUT2D eigenvalue weighted by Crippen LogP contribution is 2.36. The van der Waals surface area contributed by atoms with Crippen LogP contribution in [0.25, 0.3) is 21.2 Å². The van der Waals surface area contributed by atoms with E-state index in [1.807, 2.05) is 31.2 Å². The number of amides is 1. The number of carbonyl (C=O) groups excluding carboxylic acids is 1. The molecule has 0 atom stereocenters. The number of aryl methyl sites for hydroxylation is 1. The normalized spacial score (nSPS) is 11.1. The molecule has 4 rings (SSSR count). The average molecular weight is 452 g/mol. The van der Waals surface area contributed by atoms with Gasteiger partial charge >= 0.3 is 0 Å². The van der Waals surface area contributed by atoms with Crippen molar-refractivity contribution in [3.63, 3.8) is 0 Å². The molecule has 0 aliphatic heterocycles. The van der Waals surface area contributed by atoms with Crippen molar-refractivity contribution in [1.82, 2.24) is 5.32 Å². The highest BCUT2D eigenvalue weighted by Gasteiger charge is 2.14. The largest absolute Gasteiger partial charge is 0.383 e. The highest BCUT2D eigenvalue weighted by atomic mass is 32.1. The highest BCUT2D eigenvalue weighted by molar-refractivity contribution is 7.19. The number of thiophene rings is 1. The van der Waals surface area contributed by atoms with Crippen molar-refractivity contribution in [3.05, 3.63) is 93.9 Å². The zero-order chi connectivity index (χ0) is 22.7. The van der Waals surface area contributed by atoms with Crippen molar-refractivity contribution < 1.29 is 18.3 Å². The molecule has 164 valence electrons. The summed E-state index contributed by atoms with van der Waals surface area (Å²) in [7, 11) is 1.55. The molecule has 6 heteroatoms. The molecule has 32 heavy (non-hydrogen) atoms. The van der Waals surface area contributed by atoms with Gasteiger partial charge in [0.2, 0.25) is 0 Å². The Morgan fingerprint density at radius 2 is 1.84 bits per heavy atom. The Bertz CT molecular complexity index is 1260. The lowest BCUT2D eigenvalue weighted by Gasteiger charge is -2.09. The minimum Gasteiger partial charge on any atom is -0.383 e. The number of methoxy groups -OCH3 is 1. The van der Waals surface area contributed by atoms with Gasteiger partial charge in [-0.3, -0.25) is 4.79 Å². The van der Waals surface area contributed by atoms with Crippen LogP contribution in [0.2, 0.25) is 0 Å². The minimum absolute atomic E-state index is 0.238. The predicted octanol–water partition coefficient (Wildman–Crippen LogP) is 6.12. The summed E-state index contributed by atoms with van der Waals surface area (Å²) < 4.78 is 34.1. The van der Waals surface area contributed by atoms with Crippen molar-refractivity contribution in [2.24, 2.45) is 0 Å². The molecule has 3 aromatic carbocycles. The first kappa shape index (κ1) is 22.1. The SMILES string of the molecule is COCCNC(=O)c1cc(F)cc(-c2cccc3cc(Cc4cc(C)cc(F)c4)sc23)c1. The fraction of sp³-hybridized carbons (Fsp3) is 0.192. The Hall–Kier alpha value is -3.09. The number of hydrogen-bond donors (Lipinski definition) is 1. The van der Waals surface area contributed by atoms with E-state index in [4.69, 9.17) is 4.74 Å². The first-order valence-electron chi connectivity index (χ1n) is 10.3. The molecule has 0 radical (unpaired) electrons. The van der Waals surface area contributed by atoms with Crippen LogP contribution in [0, 0.1) is 18.6 Å². The van der Waals surface area contributed by atoms with Crippen LogP contribution >= 0.6 is 11.3 Å². The van der Waals surface area contributed by atoms with Crippen LogP contribution in [0.3, 0.4) is 0 Å². The molecule has 0 unspecified atom stereocenters. The van der Waals surface area contributed by atoms with Gasteiger partial charge in [0.1, 0.15) is 11.6 Å². The molecule has 0 aliphatic rings. The smallest absolute Gasteiger partial charge is 0.251 e. The fourth-order valence-corrected chi connectivity index (χ4v) is 5.02. The lowest BCUT2D eigenvalue weighted by atomic mass is 10.0. The molecule has 0 fully saturated rings. The number of halogens is 2. The van der Waals surface area contributed by atoms with Crippen LogP contribution in [0.15, 0.2) is 60.7 Å². The van der Waals surface area contributed by atoms with Gasteiger partial charge < -0.3 is 10.1 Å². The van der Waals surface area contributed by atoms with E-state index in [9.17, 15) is 13.6 Å². The van der Waals surface area contributed by atoms with Gasteiger partial charge in [0.15, 0.2) is 0 Å². The van der Waals surface area contributed by atoms with Gasteiger partial charge in [0.05, 0.1) is 6.61 Å². The van der Waals surface area contributed by atoms with E-state index in [-0.39, 0.29) is 17.3 Å². The van der Waals surface area contributed by atoms with E-state index in [0.717, 1.165) is 31.7 Å². The van der Waals surface area contributed by atoms with E-state index >= 15 is 0 Å². The van der Waals surface area contributed by atoms with Crippen molar-refractivity contribution >= 4 is 27.3 Å². The topological polar surface area (TPSA) is 38.3 Å². The standard InChI is InChI=1S/C26H23F2NO2S/c1-16-8-17(10-21(27)9-16)11-23-15-18-4-3-5-24(25(18)32-23)19-12-20(14-22(28)13-19)26(30)29-6-7-31-2/h3-5,8-10,12-15H,6-7,11H2,1-2H3,(H,29,30). The molecule has 0 saturated heterocycles. The van der Waals surface area contributed by atoms with Crippen molar-refractivity contribution in [1.29, 1.82) is 0 Å². The van der Waals surface area contributed by atoms with Crippen molar-refractivity contribution in [2.75, 3.05) is 20.3 Å². The van der Waals surface area contributed by atoms with Gasteiger partial charge in [-0.1, -0.05) is 24.3 Å². The Balaban J connectivity index is 1.68. The molecule has 0 spiro atoms. The third-order valence-corrected chi connectivity index (χ3v) is 6.32. The number of benzene rings is 3. The molecule has 3 nitrogen and oxygen atoms in total. The second-order valence-electron chi connectivity index (χ2n) is 7.73. The second-order valence-corrected chi connectivity index (χ2v) is 8.86. The molecule has 1 amide bonds. The van der Waals surface area contributed by atoms with Gasteiger partial charge in [-0.05, 0) is 71.0 Å². The summed E-state index contributed by atoms with van der Waals surface area (Å²) in [5.74, 6) is -1.05. The number of ether oxygens (including phenoxy) is 1. The lowest BCUT2D eigenvalue weighted by Crippen LogP contribution is -2.27. The van der Waals surface area contributed by atoms with Gasteiger partial charge in [0, 0.05) is 35.2 Å². The van der Waals surface area contributed by atoms with E-state index < -0.39 is 5.82 Å². The van der Waals surface area contributed by atoms with Gasteiger partial charge in [0.25, 0.3) is 5.91 Å². The van der Waals surface area contributed by atoms with Crippen LogP contribution in [-0.4, -0.2) is 26.2 Å². The maximum atomic E-state index is 14.4. The first-order chi connectivity index (χ1) is 15.4. The van der Waals surface area contributed by atoms with Crippen LogP contribution in [0.1, 0.15) is 26.4 Å². The van der Waals surface area contributed by atoms with E-state index in [2.05, 4.69) is 11.4 Å². The molecular weight excluding hydrogens is 428 g/mol. The Morgan fingerprint density at radius 3 is 2.62 bits per heavy atom. The van der Waals surface area contributed by atoms with Crippen LogP contribution in [-0.2, 0) is 11.2 Å². The number of nitrogens with one attached hydrogen (secondary N) is 1. The quantitative estimate of drug-likeness (QED) is 0.344. The number of hydrogen-bond acceptors (Lipinski definition) is 3. The van der Waals surface area contributed by atoms with Gasteiger partial charge in [-0.2, -0.15) is 0 Å². The van der Waals surface area contributed by atoms with E-state index in [1.165, 1.54) is 18.2 Å². The monoisotopic (exact) mass is 451 g/mol. The molecule has 1 aromatic heterocycles. The summed E-state index contributed by atoms with van der Waals surface area (Å²) in [5, 5.41) is 3.76. The van der Waals surface area contributed by atoms with Gasteiger partial charge in [-0.15, -0.1) is 11.3 Å². The maximum Gasteiger partial charge on any atom is 0.251 e. The average Bonchev–Trinajstić information content (AvgIpc) is 3.15. The zero-order valence-electron chi connectivity index (χ0n) is 17.9. The molecule has 4 aromatic rings. The fourth-order valence-electron chi connectivity index (χ4n) is 3.79. The summed E-state index contributed by atoms with van der Waals surface area (Å²) in [6.07, 6.45) is 0.619. The summed E-state index contributed by atoms with van der Waals surface area (Å²) in [6, 6.07) is 17.4. The van der Waals surface area contributed by atoms with Crippen molar-refractivity contribution in [2.45, 2.75) is 13.3 Å². The molecule has 0 bridgehead atoms. The van der Waals surface area contributed by atoms with E-state index in [1.54, 1.807) is 30.6 Å². The zero-order valence-corrected chi connectivity index (χ0v) is 18.7. The molecular formula is C26H23F2NO2S. The van der Waals surface area contributed by atoms with Crippen LogP contribution in [0.4, 0.5) is 8.78 Å². The Morgan fingerprint density at radius 1 is 1.03 bits per heavy atom. The summed E-state index contributed by atoms with van der Waals surface area (Å²) in [5.41, 5.74) is 3.57. The third kappa shape index (κ3) is 5.03. The molecule has 1 heterocycles. The van der Waals surface area contributed by atoms with Gasteiger partial charge in [-0.25, -0.2) is 8.78 Å². The first-order valence-corrected chi connectivity index (χ1v) is 11.1. The summed E-state index contributed by atoms with van der Waals surface area (Å²) >= 11 is 1.60. The van der Waals surface area contributed by atoms with Crippen LogP contribution < -0.4 is 5.32 Å². The second kappa shape index (κ2) is 9.59. The van der Waals surface area contributed by atoms with Crippen molar-refractivity contribution in [3.8, 4) is 11.1 Å². The summed E-state index contributed by atoms with van der Waals surface area (Å²) in [6.45, 7) is 2.61. The predicted molar refractivity (Wildman–Crippen MR) is 125 cm³/mol. The third-order valence-electron chi connectivity index (χ3n) is 5.14. The van der Waals surface area contributed by atoms with Crippen LogP contribution in [0.5, 0.6) is 0 Å². The summed E-state index contributed by atoms with van der Waals surface area (Å²) in [4.78, 5) is 13.5. The number of carbonyl (C=O) groups is 1. The maximum absolute atomic E-state index is 14.4. The lowest BCUT2D eigenvalue weighted by molar-refractivity contribution is 0.0936. The number of fused-ring (bicyclic) bond motifs is 1. The molecule has 1 N–H and O–H groups in total. The molecule has 0 aliphatic carbocycles. The van der Waals surface area contributed by atoms with E-state index in [0.29, 0.717) is 25.1 Å². The Labute approximate surface area is 189 Å².